The van der Waals surface area contributed by atoms with Gasteiger partial charge in [-0.25, -0.2) is 4.79 Å². The summed E-state index contributed by atoms with van der Waals surface area (Å²) in [5, 5.41) is 2.64. The predicted molar refractivity (Wildman–Crippen MR) is 90.3 cm³/mol. The van der Waals surface area contributed by atoms with Gasteiger partial charge < -0.3 is 19.5 Å². The molecule has 0 bridgehead atoms. The lowest BCUT2D eigenvalue weighted by molar-refractivity contribution is -0.145. The lowest BCUT2D eigenvalue weighted by atomic mass is 9.92. The number of ether oxygens (including phenoxy) is 3. The minimum Gasteiger partial charge on any atom is -0.468 e. The summed E-state index contributed by atoms with van der Waals surface area (Å²) in [5.74, 6) is -0.529. The monoisotopic (exact) mass is 362 g/mol. The SMILES string of the molecule is COC(=O)CN1C(=O)N[C@@](C)(c2ccc(O[C@@H]3CCCCO3)cc2)C1=O. The van der Waals surface area contributed by atoms with Crippen LogP contribution < -0.4 is 10.1 Å². The van der Waals surface area contributed by atoms with E-state index in [0.29, 0.717) is 17.9 Å². The molecule has 2 aliphatic heterocycles. The largest absolute Gasteiger partial charge is 0.468 e. The maximum atomic E-state index is 12.7. The van der Waals surface area contributed by atoms with Crippen molar-refractivity contribution in [3.05, 3.63) is 29.8 Å². The second kappa shape index (κ2) is 7.33. The molecule has 2 aliphatic rings. The number of carbonyl (C=O) groups is 3. The fourth-order valence-electron chi connectivity index (χ4n) is 3.05. The van der Waals surface area contributed by atoms with Crippen molar-refractivity contribution in [1.29, 1.82) is 0 Å². The molecule has 0 unspecified atom stereocenters. The van der Waals surface area contributed by atoms with E-state index in [4.69, 9.17) is 9.47 Å². The fraction of sp³-hybridized carbons (Fsp3) is 0.500. The highest BCUT2D eigenvalue weighted by Gasteiger charge is 2.49. The summed E-state index contributed by atoms with van der Waals surface area (Å²) in [4.78, 5) is 37.0. The molecule has 2 heterocycles. The first kappa shape index (κ1) is 18.2. The average Bonchev–Trinajstić information content (AvgIpc) is 2.87. The van der Waals surface area contributed by atoms with E-state index in [2.05, 4.69) is 10.1 Å². The molecule has 8 nitrogen and oxygen atoms in total. The number of nitrogens with zero attached hydrogens (tertiary/aromatic N) is 1. The molecule has 0 spiro atoms. The van der Waals surface area contributed by atoms with Gasteiger partial charge in [-0.3, -0.25) is 14.5 Å². The number of rotatable bonds is 5. The number of methoxy groups -OCH3 is 1. The van der Waals surface area contributed by atoms with Crippen LogP contribution in [0, 0.1) is 0 Å². The zero-order chi connectivity index (χ0) is 18.7. The number of imide groups is 1. The third-order valence-electron chi connectivity index (χ3n) is 4.63. The molecule has 1 aromatic rings. The van der Waals surface area contributed by atoms with E-state index < -0.39 is 30.0 Å². The summed E-state index contributed by atoms with van der Waals surface area (Å²) >= 11 is 0. The Bertz CT molecular complexity index is 698. The first-order chi connectivity index (χ1) is 12.4. The van der Waals surface area contributed by atoms with Crippen LogP contribution in [0.1, 0.15) is 31.7 Å². The summed E-state index contributed by atoms with van der Waals surface area (Å²) in [6.45, 7) is 1.87. The van der Waals surface area contributed by atoms with E-state index in [9.17, 15) is 14.4 Å². The van der Waals surface area contributed by atoms with Crippen molar-refractivity contribution < 1.29 is 28.6 Å². The van der Waals surface area contributed by atoms with Crippen LogP contribution in [0.25, 0.3) is 0 Å². The minimum absolute atomic E-state index is 0.256. The molecule has 26 heavy (non-hydrogen) atoms. The van der Waals surface area contributed by atoms with Crippen molar-refractivity contribution in [2.45, 2.75) is 38.0 Å². The Hall–Kier alpha value is -2.61. The molecule has 2 fully saturated rings. The van der Waals surface area contributed by atoms with Crippen molar-refractivity contribution >= 4 is 17.9 Å². The Morgan fingerprint density at radius 1 is 1.31 bits per heavy atom. The lowest BCUT2D eigenvalue weighted by Crippen LogP contribution is -2.41. The topological polar surface area (TPSA) is 94.2 Å². The van der Waals surface area contributed by atoms with Crippen molar-refractivity contribution in [3.8, 4) is 5.75 Å². The molecule has 0 saturated carbocycles. The molecule has 3 amide bonds. The number of esters is 1. The molecular weight excluding hydrogens is 340 g/mol. The van der Waals surface area contributed by atoms with Crippen molar-refractivity contribution in [3.63, 3.8) is 0 Å². The highest BCUT2D eigenvalue weighted by molar-refractivity contribution is 6.08. The summed E-state index contributed by atoms with van der Waals surface area (Å²) in [6.07, 6.45) is 2.70. The molecule has 0 radical (unpaired) electrons. The number of nitrogens with one attached hydrogen (secondary N) is 1. The van der Waals surface area contributed by atoms with Gasteiger partial charge in [0.25, 0.3) is 5.91 Å². The first-order valence-electron chi connectivity index (χ1n) is 8.54. The summed E-state index contributed by atoms with van der Waals surface area (Å²) in [7, 11) is 1.20. The maximum absolute atomic E-state index is 12.7. The van der Waals surface area contributed by atoms with Gasteiger partial charge >= 0.3 is 12.0 Å². The van der Waals surface area contributed by atoms with Gasteiger partial charge in [-0.05, 0) is 37.5 Å². The highest BCUT2D eigenvalue weighted by Crippen LogP contribution is 2.30. The van der Waals surface area contributed by atoms with E-state index in [0.717, 1.165) is 24.2 Å². The molecule has 1 N–H and O–H groups in total. The number of amides is 3. The normalized spacial score (nSPS) is 25.8. The molecule has 0 aromatic heterocycles. The van der Waals surface area contributed by atoms with Crippen LogP contribution in [0.5, 0.6) is 5.75 Å². The summed E-state index contributed by atoms with van der Waals surface area (Å²) < 4.78 is 15.8. The van der Waals surface area contributed by atoms with Crippen LogP contribution in [-0.2, 0) is 24.6 Å². The smallest absolute Gasteiger partial charge is 0.325 e. The first-order valence-corrected chi connectivity index (χ1v) is 8.54. The van der Waals surface area contributed by atoms with Crippen LogP contribution in [0.4, 0.5) is 4.79 Å². The van der Waals surface area contributed by atoms with E-state index in [1.165, 1.54) is 7.11 Å². The molecule has 0 aliphatic carbocycles. The van der Waals surface area contributed by atoms with E-state index in [1.807, 2.05) is 0 Å². The number of urea groups is 1. The molecule has 8 heteroatoms. The Morgan fingerprint density at radius 3 is 2.65 bits per heavy atom. The quantitative estimate of drug-likeness (QED) is 0.631. The van der Waals surface area contributed by atoms with Crippen LogP contribution in [0.3, 0.4) is 0 Å². The zero-order valence-electron chi connectivity index (χ0n) is 14.8. The third-order valence-corrected chi connectivity index (χ3v) is 4.63. The molecular formula is C18H22N2O6. The van der Waals surface area contributed by atoms with Crippen molar-refractivity contribution in [2.75, 3.05) is 20.3 Å². The number of carbonyl (C=O) groups excluding carboxylic acids is 3. The minimum atomic E-state index is -1.25. The number of hydrogen-bond donors (Lipinski definition) is 1. The lowest BCUT2D eigenvalue weighted by Gasteiger charge is -2.25. The highest BCUT2D eigenvalue weighted by atomic mass is 16.7. The standard InChI is InChI=1S/C18H22N2O6/c1-18(16(22)20(17(23)19-18)11-14(21)24-2)12-6-8-13(9-7-12)26-15-5-3-4-10-25-15/h6-9,15H,3-5,10-11H2,1-2H3,(H,19,23)/t15-,18+/m1/s1. The van der Waals surface area contributed by atoms with Crippen molar-refractivity contribution in [1.82, 2.24) is 10.2 Å². The van der Waals surface area contributed by atoms with Gasteiger partial charge in [-0.15, -0.1) is 0 Å². The zero-order valence-corrected chi connectivity index (χ0v) is 14.8. The van der Waals surface area contributed by atoms with Gasteiger partial charge in [0.2, 0.25) is 0 Å². The number of benzene rings is 1. The molecule has 2 atom stereocenters. The Labute approximate surface area is 151 Å². The van der Waals surface area contributed by atoms with Gasteiger partial charge in [-0.1, -0.05) is 12.1 Å². The second-order valence-electron chi connectivity index (χ2n) is 6.46. The van der Waals surface area contributed by atoms with Gasteiger partial charge in [0.15, 0.2) is 6.29 Å². The van der Waals surface area contributed by atoms with Gasteiger partial charge in [-0.2, -0.15) is 0 Å². The van der Waals surface area contributed by atoms with E-state index >= 15 is 0 Å². The van der Waals surface area contributed by atoms with Crippen LogP contribution in [0.15, 0.2) is 24.3 Å². The molecule has 140 valence electrons. The van der Waals surface area contributed by atoms with Crippen LogP contribution in [-0.4, -0.2) is 49.4 Å². The van der Waals surface area contributed by atoms with Crippen LogP contribution >= 0.6 is 0 Å². The van der Waals surface area contributed by atoms with Gasteiger partial charge in [0.1, 0.15) is 17.8 Å². The number of hydrogen-bond acceptors (Lipinski definition) is 6. The summed E-state index contributed by atoms with van der Waals surface area (Å²) in [6, 6.07) is 6.29. The second-order valence-corrected chi connectivity index (χ2v) is 6.46. The average molecular weight is 362 g/mol. The third kappa shape index (κ3) is 3.50. The Balaban J connectivity index is 1.72. The maximum Gasteiger partial charge on any atom is 0.325 e. The predicted octanol–water partition coefficient (Wildman–Crippen LogP) is 1.53. The van der Waals surface area contributed by atoms with Gasteiger partial charge in [0, 0.05) is 6.42 Å². The van der Waals surface area contributed by atoms with Gasteiger partial charge in [0.05, 0.1) is 13.7 Å². The Kier molecular flexibility index (Phi) is 5.13. The molecule has 1 aromatic carbocycles. The van der Waals surface area contributed by atoms with E-state index in [1.54, 1.807) is 31.2 Å². The molecule has 3 rings (SSSR count). The van der Waals surface area contributed by atoms with E-state index in [-0.39, 0.29) is 6.29 Å². The van der Waals surface area contributed by atoms with Crippen LogP contribution in [0.2, 0.25) is 0 Å². The molecule has 2 saturated heterocycles. The van der Waals surface area contributed by atoms with Crippen molar-refractivity contribution in [2.24, 2.45) is 0 Å². The summed E-state index contributed by atoms with van der Waals surface area (Å²) in [5.41, 5.74) is -0.648. The Morgan fingerprint density at radius 2 is 2.04 bits per heavy atom. The fourth-order valence-corrected chi connectivity index (χ4v) is 3.05.